The average Bonchev–Trinajstić information content (AvgIpc) is 2.99. The van der Waals surface area contributed by atoms with Gasteiger partial charge in [0.1, 0.15) is 16.1 Å². The number of carbonyl (C=O) groups is 1. The van der Waals surface area contributed by atoms with E-state index in [1.165, 1.54) is 43.0 Å². The predicted molar refractivity (Wildman–Crippen MR) is 126 cm³/mol. The van der Waals surface area contributed by atoms with Gasteiger partial charge < -0.3 is 10.2 Å². The van der Waals surface area contributed by atoms with Gasteiger partial charge in [0, 0.05) is 18.8 Å². The van der Waals surface area contributed by atoms with Crippen LogP contribution in [0.25, 0.3) is 10.3 Å². The lowest BCUT2D eigenvalue weighted by Crippen LogP contribution is -2.23. The molecule has 30 heavy (non-hydrogen) atoms. The van der Waals surface area contributed by atoms with Crippen LogP contribution in [0.4, 0.5) is 10.8 Å². The van der Waals surface area contributed by atoms with Gasteiger partial charge in [0.2, 0.25) is 5.91 Å². The fourth-order valence-corrected chi connectivity index (χ4v) is 5.45. The Kier molecular flexibility index (Phi) is 6.84. The van der Waals surface area contributed by atoms with Gasteiger partial charge in [-0.25, -0.2) is 9.97 Å². The van der Waals surface area contributed by atoms with E-state index in [9.17, 15) is 4.79 Å². The number of aromatic nitrogens is 3. The second-order valence-corrected chi connectivity index (χ2v) is 9.78. The molecule has 4 rings (SSSR count). The van der Waals surface area contributed by atoms with Crippen molar-refractivity contribution in [2.45, 2.75) is 50.5 Å². The van der Waals surface area contributed by atoms with Gasteiger partial charge in [0.05, 0.1) is 5.75 Å². The van der Waals surface area contributed by atoms with Crippen molar-refractivity contribution in [3.8, 4) is 0 Å². The lowest BCUT2D eigenvalue weighted by Gasteiger charge is -2.18. The molecule has 2 aromatic heterocycles. The van der Waals surface area contributed by atoms with Gasteiger partial charge in [-0.3, -0.25) is 4.79 Å². The molecule has 3 heterocycles. The van der Waals surface area contributed by atoms with Crippen molar-refractivity contribution < 1.29 is 4.79 Å². The zero-order valence-corrected chi connectivity index (χ0v) is 19.1. The molecule has 1 aromatic carbocycles. The van der Waals surface area contributed by atoms with Crippen molar-refractivity contribution in [1.29, 1.82) is 0 Å². The largest absolute Gasteiger partial charge is 0.348 e. The summed E-state index contributed by atoms with van der Waals surface area (Å²) in [7, 11) is 0. The maximum atomic E-state index is 12.4. The molecular formula is C22H27N5OS2. The lowest BCUT2D eigenvalue weighted by molar-refractivity contribution is -0.113. The van der Waals surface area contributed by atoms with E-state index in [1.807, 2.05) is 12.1 Å². The molecule has 0 radical (unpaired) electrons. The van der Waals surface area contributed by atoms with Crippen molar-refractivity contribution in [1.82, 2.24) is 15.0 Å². The number of hydrogen-bond donors (Lipinski definition) is 1. The number of hydrogen-bond acceptors (Lipinski definition) is 7. The summed E-state index contributed by atoms with van der Waals surface area (Å²) in [5, 5.41) is 4.81. The van der Waals surface area contributed by atoms with E-state index in [4.69, 9.17) is 4.98 Å². The molecule has 8 heteroatoms. The molecule has 1 N–H and O–H groups in total. The predicted octanol–water partition coefficient (Wildman–Crippen LogP) is 5.32. The Morgan fingerprint density at radius 2 is 1.87 bits per heavy atom. The van der Waals surface area contributed by atoms with Crippen molar-refractivity contribution >= 4 is 50.2 Å². The van der Waals surface area contributed by atoms with Gasteiger partial charge in [-0.2, -0.15) is 4.98 Å². The molecule has 0 aliphatic carbocycles. The van der Waals surface area contributed by atoms with E-state index in [0.29, 0.717) is 11.7 Å². The summed E-state index contributed by atoms with van der Waals surface area (Å²) in [6.45, 7) is 6.41. The quantitative estimate of drug-likeness (QED) is 0.412. The first-order valence-corrected chi connectivity index (χ1v) is 12.3. The maximum absolute atomic E-state index is 12.4. The number of nitrogens with one attached hydrogen (secondary N) is 1. The topological polar surface area (TPSA) is 71.0 Å². The fraction of sp³-hybridized carbons (Fsp3) is 0.455. The van der Waals surface area contributed by atoms with Crippen LogP contribution in [-0.2, 0) is 4.79 Å². The summed E-state index contributed by atoms with van der Waals surface area (Å²) < 4.78 is 0.968. The van der Waals surface area contributed by atoms with Gasteiger partial charge in [0.15, 0.2) is 10.8 Å². The Bertz CT molecular complexity index is 994. The van der Waals surface area contributed by atoms with Gasteiger partial charge in [-0.05, 0) is 36.5 Å². The molecule has 158 valence electrons. The van der Waals surface area contributed by atoms with Crippen molar-refractivity contribution in [3.63, 3.8) is 0 Å². The Morgan fingerprint density at radius 3 is 2.57 bits per heavy atom. The van der Waals surface area contributed by atoms with Crippen LogP contribution in [0, 0.1) is 0 Å². The monoisotopic (exact) mass is 441 g/mol. The smallest absolute Gasteiger partial charge is 0.234 e. The average molecular weight is 442 g/mol. The molecule has 1 saturated heterocycles. The summed E-state index contributed by atoms with van der Waals surface area (Å²) in [6, 6.07) is 8.03. The Hall–Kier alpha value is -2.19. The third kappa shape index (κ3) is 5.10. The molecule has 0 spiro atoms. The first-order valence-electron chi connectivity index (χ1n) is 10.5. The Labute approximate surface area is 185 Å². The Morgan fingerprint density at radius 1 is 1.13 bits per heavy atom. The van der Waals surface area contributed by atoms with Gasteiger partial charge in [0.25, 0.3) is 0 Å². The minimum atomic E-state index is -0.0404. The first-order chi connectivity index (χ1) is 14.6. The number of thiazole rings is 1. The molecule has 0 saturated carbocycles. The number of anilines is 2. The molecule has 6 nitrogen and oxygen atoms in total. The van der Waals surface area contributed by atoms with Crippen LogP contribution in [-0.4, -0.2) is 39.7 Å². The highest BCUT2D eigenvalue weighted by Crippen LogP contribution is 2.34. The molecule has 1 fully saturated rings. The van der Waals surface area contributed by atoms with Crippen LogP contribution in [0.2, 0.25) is 0 Å². The number of nitrogens with zero attached hydrogens (tertiary/aromatic N) is 4. The summed E-state index contributed by atoms with van der Waals surface area (Å²) in [5.41, 5.74) is 2.80. The number of benzene rings is 1. The lowest BCUT2D eigenvalue weighted by atomic mass is 10.0. The molecule has 3 aromatic rings. The molecule has 1 aliphatic heterocycles. The molecule has 0 atom stereocenters. The van der Waals surface area contributed by atoms with E-state index in [0.717, 1.165) is 39.3 Å². The summed E-state index contributed by atoms with van der Waals surface area (Å²) in [6.07, 6.45) is 6.54. The Balaban J connectivity index is 1.41. The van der Waals surface area contributed by atoms with Crippen molar-refractivity contribution in [2.24, 2.45) is 0 Å². The van der Waals surface area contributed by atoms with Crippen LogP contribution in [0.3, 0.4) is 0 Å². The third-order valence-electron chi connectivity index (χ3n) is 5.22. The highest BCUT2D eigenvalue weighted by molar-refractivity contribution is 8.00. The van der Waals surface area contributed by atoms with Gasteiger partial charge >= 0.3 is 0 Å². The third-order valence-corrected chi connectivity index (χ3v) is 7.46. The zero-order valence-electron chi connectivity index (χ0n) is 17.4. The SMILES string of the molecule is CC(C)c1ccc(NC(=O)CSc2ncnc3nc(N4CCCCCC4)sc23)cc1. The minimum Gasteiger partial charge on any atom is -0.348 e. The summed E-state index contributed by atoms with van der Waals surface area (Å²) in [5.74, 6) is 0.736. The van der Waals surface area contributed by atoms with Gasteiger partial charge in [-0.1, -0.05) is 61.9 Å². The molecular weight excluding hydrogens is 414 g/mol. The maximum Gasteiger partial charge on any atom is 0.234 e. The van der Waals surface area contributed by atoms with E-state index >= 15 is 0 Å². The van der Waals surface area contributed by atoms with E-state index < -0.39 is 0 Å². The number of amides is 1. The van der Waals surface area contributed by atoms with E-state index in [2.05, 4.69) is 46.2 Å². The number of rotatable bonds is 6. The second kappa shape index (κ2) is 9.75. The van der Waals surface area contributed by atoms with Crippen LogP contribution >= 0.6 is 23.1 Å². The number of fused-ring (bicyclic) bond motifs is 1. The fourth-order valence-electron chi connectivity index (χ4n) is 3.50. The van der Waals surface area contributed by atoms with Crippen molar-refractivity contribution in [3.05, 3.63) is 36.2 Å². The van der Waals surface area contributed by atoms with E-state index in [-0.39, 0.29) is 5.91 Å². The molecule has 1 amide bonds. The van der Waals surface area contributed by atoms with Crippen LogP contribution in [0.5, 0.6) is 0 Å². The zero-order chi connectivity index (χ0) is 20.9. The van der Waals surface area contributed by atoms with Crippen LogP contribution in [0.15, 0.2) is 35.6 Å². The van der Waals surface area contributed by atoms with Crippen LogP contribution in [0.1, 0.15) is 51.0 Å². The molecule has 0 unspecified atom stereocenters. The molecule has 1 aliphatic rings. The summed E-state index contributed by atoms with van der Waals surface area (Å²) >= 11 is 3.08. The van der Waals surface area contributed by atoms with E-state index in [1.54, 1.807) is 17.7 Å². The highest BCUT2D eigenvalue weighted by atomic mass is 32.2. The van der Waals surface area contributed by atoms with Gasteiger partial charge in [-0.15, -0.1) is 0 Å². The second-order valence-electron chi connectivity index (χ2n) is 7.84. The number of carbonyl (C=O) groups excluding carboxylic acids is 1. The summed E-state index contributed by atoms with van der Waals surface area (Å²) in [4.78, 5) is 28.3. The molecule has 0 bridgehead atoms. The highest BCUT2D eigenvalue weighted by Gasteiger charge is 2.18. The first kappa shape index (κ1) is 21.1. The van der Waals surface area contributed by atoms with Crippen LogP contribution < -0.4 is 10.2 Å². The minimum absolute atomic E-state index is 0.0404. The normalized spacial score (nSPS) is 14.8. The number of thioether (sulfide) groups is 1. The standard InChI is InChI=1S/C22H27N5OS2/c1-15(2)16-7-9-17(10-8-16)25-18(28)13-29-21-19-20(23-14-24-21)26-22(30-19)27-11-5-3-4-6-12-27/h7-10,14-15H,3-6,11-13H2,1-2H3,(H,25,28). The van der Waals surface area contributed by atoms with Crippen molar-refractivity contribution in [2.75, 3.05) is 29.1 Å².